The lowest BCUT2D eigenvalue weighted by atomic mass is 9.76. The van der Waals surface area contributed by atoms with E-state index in [0.717, 1.165) is 38.5 Å². The Morgan fingerprint density at radius 2 is 1.16 bits per heavy atom. The number of hydrogen-bond acceptors (Lipinski definition) is 3. The number of benzene rings is 1. The van der Waals surface area contributed by atoms with Gasteiger partial charge < -0.3 is 16.0 Å². The van der Waals surface area contributed by atoms with Gasteiger partial charge in [0.1, 0.15) is 0 Å². The van der Waals surface area contributed by atoms with Crippen LogP contribution in [0.5, 0.6) is 0 Å². The summed E-state index contributed by atoms with van der Waals surface area (Å²) >= 11 is 0. The minimum Gasteiger partial charge on any atom is -0.326 e. The van der Waals surface area contributed by atoms with Gasteiger partial charge in [-0.1, -0.05) is 41.5 Å². The maximum absolute atomic E-state index is 12.9. The molecule has 6 nitrogen and oxygen atoms in total. The third-order valence-corrected chi connectivity index (χ3v) is 6.94. The second-order valence-corrected chi connectivity index (χ2v) is 9.74. The number of amides is 3. The Morgan fingerprint density at radius 3 is 1.53 bits per heavy atom. The first-order valence-corrected chi connectivity index (χ1v) is 12.2. The Hall–Kier alpha value is -2.37. The maximum Gasteiger partial charge on any atom is 0.227 e. The van der Waals surface area contributed by atoms with Gasteiger partial charge in [-0.15, -0.1) is 0 Å². The number of carbonyl (C=O) groups excluding carboxylic acids is 3. The van der Waals surface area contributed by atoms with Crippen LogP contribution in [-0.4, -0.2) is 17.7 Å². The Balaban J connectivity index is 2.17. The zero-order valence-corrected chi connectivity index (χ0v) is 20.6. The molecule has 32 heavy (non-hydrogen) atoms. The van der Waals surface area contributed by atoms with Crippen LogP contribution < -0.4 is 16.0 Å². The predicted molar refractivity (Wildman–Crippen MR) is 132 cm³/mol. The lowest BCUT2D eigenvalue weighted by Crippen LogP contribution is -2.28. The van der Waals surface area contributed by atoms with E-state index in [0.29, 0.717) is 28.9 Å². The third-order valence-electron chi connectivity index (χ3n) is 6.94. The van der Waals surface area contributed by atoms with E-state index in [1.807, 2.05) is 27.7 Å². The van der Waals surface area contributed by atoms with E-state index >= 15 is 0 Å². The normalized spacial score (nSPS) is 20.3. The zero-order valence-electron chi connectivity index (χ0n) is 20.6. The van der Waals surface area contributed by atoms with Crippen molar-refractivity contribution in [1.29, 1.82) is 0 Å². The Morgan fingerprint density at radius 1 is 0.750 bits per heavy atom. The van der Waals surface area contributed by atoms with Crippen molar-refractivity contribution >= 4 is 34.8 Å². The highest BCUT2D eigenvalue weighted by atomic mass is 16.2. The van der Waals surface area contributed by atoms with Gasteiger partial charge in [-0.05, 0) is 68.6 Å². The maximum atomic E-state index is 12.9. The van der Waals surface area contributed by atoms with Crippen LogP contribution in [-0.2, 0) is 14.4 Å². The Labute approximate surface area is 193 Å². The average Bonchev–Trinajstić information content (AvgIpc) is 2.77. The molecule has 1 aromatic carbocycles. The van der Waals surface area contributed by atoms with E-state index in [1.54, 1.807) is 18.2 Å². The average molecular weight is 444 g/mol. The molecule has 1 saturated carbocycles. The molecule has 1 aromatic rings. The summed E-state index contributed by atoms with van der Waals surface area (Å²) in [5, 5.41) is 8.87. The lowest BCUT2D eigenvalue weighted by molar-refractivity contribution is -0.121. The van der Waals surface area contributed by atoms with Crippen molar-refractivity contribution in [3.8, 4) is 0 Å². The van der Waals surface area contributed by atoms with Crippen LogP contribution in [0.1, 0.15) is 80.1 Å². The van der Waals surface area contributed by atoms with Gasteiger partial charge in [0.25, 0.3) is 0 Å². The summed E-state index contributed by atoms with van der Waals surface area (Å²) in [4.78, 5) is 37.8. The molecule has 0 aromatic heterocycles. The van der Waals surface area contributed by atoms with Crippen molar-refractivity contribution in [3.63, 3.8) is 0 Å². The quantitative estimate of drug-likeness (QED) is 0.434. The van der Waals surface area contributed by atoms with Crippen molar-refractivity contribution in [2.45, 2.75) is 80.1 Å². The second-order valence-electron chi connectivity index (χ2n) is 9.74. The zero-order chi connectivity index (χ0) is 23.8. The molecule has 2 atom stereocenters. The molecule has 3 N–H and O–H groups in total. The van der Waals surface area contributed by atoms with Gasteiger partial charge in [-0.25, -0.2) is 0 Å². The highest BCUT2D eigenvalue weighted by Gasteiger charge is 2.28. The smallest absolute Gasteiger partial charge is 0.227 e. The standard InChI is InChI=1S/C26H41N3O3/c1-7-17(5)24(30)27-21-13-22(28-25(31)18(6)8-2)15-23(14-21)29-26(32)20-11-9-19(10-12-20)16(3)4/h13-20H,7-12H2,1-6H3,(H,27,30)(H,28,31)(H,29,32)/t17?,18?,19-,20-. The van der Waals surface area contributed by atoms with Crippen molar-refractivity contribution < 1.29 is 14.4 Å². The monoisotopic (exact) mass is 443 g/mol. The molecular formula is C26H41N3O3. The Bertz CT molecular complexity index is 755. The molecule has 0 spiro atoms. The third kappa shape index (κ3) is 7.35. The first-order chi connectivity index (χ1) is 15.1. The molecule has 0 saturated heterocycles. The molecule has 0 bridgehead atoms. The lowest BCUT2D eigenvalue weighted by Gasteiger charge is -2.30. The van der Waals surface area contributed by atoms with E-state index in [9.17, 15) is 14.4 Å². The summed E-state index contributed by atoms with van der Waals surface area (Å²) in [7, 11) is 0. The predicted octanol–water partition coefficient (Wildman–Crippen LogP) is 6.06. The molecular weight excluding hydrogens is 402 g/mol. The van der Waals surface area contributed by atoms with Gasteiger partial charge in [0.05, 0.1) is 0 Å². The van der Waals surface area contributed by atoms with Gasteiger partial charge in [-0.3, -0.25) is 14.4 Å². The molecule has 6 heteroatoms. The van der Waals surface area contributed by atoms with Crippen LogP contribution in [0.3, 0.4) is 0 Å². The van der Waals surface area contributed by atoms with Crippen LogP contribution in [0.2, 0.25) is 0 Å². The summed E-state index contributed by atoms with van der Waals surface area (Å²) in [5.74, 6) is 0.954. The van der Waals surface area contributed by atoms with Crippen molar-refractivity contribution in [2.75, 3.05) is 16.0 Å². The van der Waals surface area contributed by atoms with E-state index in [1.165, 1.54) is 0 Å². The Kier molecular flexibility index (Phi) is 9.73. The molecule has 3 amide bonds. The minimum atomic E-state index is -0.123. The van der Waals surface area contributed by atoms with Crippen molar-refractivity contribution in [1.82, 2.24) is 0 Å². The fourth-order valence-corrected chi connectivity index (χ4v) is 4.04. The van der Waals surface area contributed by atoms with Gasteiger partial charge in [0, 0.05) is 34.8 Å². The highest BCUT2D eigenvalue weighted by molar-refractivity contribution is 5.99. The summed E-state index contributed by atoms with van der Waals surface area (Å²) in [6.45, 7) is 12.2. The molecule has 0 aliphatic heterocycles. The fourth-order valence-electron chi connectivity index (χ4n) is 4.04. The molecule has 2 unspecified atom stereocenters. The van der Waals surface area contributed by atoms with E-state index < -0.39 is 0 Å². The fraction of sp³-hybridized carbons (Fsp3) is 0.654. The number of hydrogen-bond donors (Lipinski definition) is 3. The van der Waals surface area contributed by atoms with Crippen LogP contribution in [0, 0.1) is 29.6 Å². The van der Waals surface area contributed by atoms with Gasteiger partial charge in [0.2, 0.25) is 17.7 Å². The molecule has 1 fully saturated rings. The van der Waals surface area contributed by atoms with Gasteiger partial charge in [0.15, 0.2) is 0 Å². The van der Waals surface area contributed by atoms with Gasteiger partial charge in [-0.2, -0.15) is 0 Å². The van der Waals surface area contributed by atoms with Crippen LogP contribution >= 0.6 is 0 Å². The van der Waals surface area contributed by atoms with Crippen molar-refractivity contribution in [2.24, 2.45) is 29.6 Å². The first-order valence-electron chi connectivity index (χ1n) is 12.2. The summed E-state index contributed by atoms with van der Waals surface area (Å²) in [6, 6.07) is 5.26. The van der Waals surface area contributed by atoms with E-state index in [4.69, 9.17) is 0 Å². The van der Waals surface area contributed by atoms with Crippen LogP contribution in [0.15, 0.2) is 18.2 Å². The summed E-state index contributed by atoms with van der Waals surface area (Å²) in [5.41, 5.74) is 1.72. The van der Waals surface area contributed by atoms with Crippen molar-refractivity contribution in [3.05, 3.63) is 18.2 Å². The molecule has 0 heterocycles. The number of nitrogens with one attached hydrogen (secondary N) is 3. The molecule has 178 valence electrons. The first kappa shape index (κ1) is 25.9. The minimum absolute atomic E-state index is 0.00140. The molecule has 1 aliphatic carbocycles. The summed E-state index contributed by atoms with van der Waals surface area (Å²) in [6.07, 6.45) is 5.43. The molecule has 2 rings (SSSR count). The van der Waals surface area contributed by atoms with Crippen LogP contribution in [0.4, 0.5) is 17.1 Å². The highest BCUT2D eigenvalue weighted by Crippen LogP contribution is 2.34. The number of carbonyl (C=O) groups is 3. The van der Waals surface area contributed by atoms with Crippen LogP contribution in [0.25, 0.3) is 0 Å². The van der Waals surface area contributed by atoms with Gasteiger partial charge >= 0.3 is 0 Å². The largest absolute Gasteiger partial charge is 0.326 e. The summed E-state index contributed by atoms with van der Waals surface area (Å²) < 4.78 is 0. The molecule has 1 aliphatic rings. The topological polar surface area (TPSA) is 87.3 Å². The number of anilines is 3. The van der Waals surface area contributed by atoms with E-state index in [-0.39, 0.29) is 35.5 Å². The number of rotatable bonds is 9. The molecule has 0 radical (unpaired) electrons. The van der Waals surface area contributed by atoms with E-state index in [2.05, 4.69) is 29.8 Å². The second kappa shape index (κ2) is 12.0. The SMILES string of the molecule is CCC(C)C(=O)Nc1cc(NC(=O)C(C)CC)cc(NC(=O)[C@H]2CC[C@H](C(C)C)CC2)c1.